The van der Waals surface area contributed by atoms with E-state index in [1.165, 1.54) is 23.6 Å². The van der Waals surface area contributed by atoms with Crippen molar-refractivity contribution in [3.8, 4) is 0 Å². The molecule has 2 aromatic carbocycles. The van der Waals surface area contributed by atoms with Gasteiger partial charge in [0.2, 0.25) is 5.91 Å². The molecule has 0 radical (unpaired) electrons. The van der Waals surface area contributed by atoms with Gasteiger partial charge in [0.05, 0.1) is 7.11 Å². The monoisotopic (exact) mass is 382 g/mol. The maximum absolute atomic E-state index is 12.2. The Kier molecular flexibility index (Phi) is 6.19. The van der Waals surface area contributed by atoms with Crippen LogP contribution >= 0.6 is 11.8 Å². The lowest BCUT2D eigenvalue weighted by Crippen LogP contribution is -2.35. The number of methoxy groups -OCH3 is 1. The van der Waals surface area contributed by atoms with Gasteiger partial charge in [-0.2, -0.15) is 0 Å². The van der Waals surface area contributed by atoms with E-state index < -0.39 is 0 Å². The number of nitrogens with one attached hydrogen (secondary N) is 1. The first-order valence-electron chi connectivity index (χ1n) is 8.67. The van der Waals surface area contributed by atoms with Gasteiger partial charge in [-0.05, 0) is 59.7 Å². The first-order chi connectivity index (χ1) is 13.1. The Labute approximate surface area is 163 Å². The summed E-state index contributed by atoms with van der Waals surface area (Å²) in [6.45, 7) is 1.13. The maximum atomic E-state index is 12.2. The van der Waals surface area contributed by atoms with Crippen LogP contribution in [0.15, 0.2) is 53.4 Å². The van der Waals surface area contributed by atoms with Gasteiger partial charge in [0.15, 0.2) is 0 Å². The highest BCUT2D eigenvalue weighted by Gasteiger charge is 2.21. The van der Waals surface area contributed by atoms with Crippen LogP contribution in [0.4, 0.5) is 10.5 Å². The van der Waals surface area contributed by atoms with E-state index in [1.54, 1.807) is 22.7 Å². The zero-order chi connectivity index (χ0) is 19.2. The molecule has 6 heteroatoms. The molecule has 3 rings (SSSR count). The molecule has 1 N–H and O–H groups in total. The van der Waals surface area contributed by atoms with Crippen LogP contribution in [0.1, 0.15) is 16.7 Å². The van der Waals surface area contributed by atoms with Crippen molar-refractivity contribution in [1.82, 2.24) is 4.90 Å². The lowest BCUT2D eigenvalue weighted by Gasteiger charge is -2.28. The van der Waals surface area contributed by atoms with Gasteiger partial charge in [0.1, 0.15) is 0 Å². The Morgan fingerprint density at radius 2 is 1.93 bits per heavy atom. The Morgan fingerprint density at radius 1 is 1.15 bits per heavy atom. The number of amides is 2. The van der Waals surface area contributed by atoms with Crippen LogP contribution in [-0.2, 0) is 22.5 Å². The number of hydrogen-bond donors (Lipinski definition) is 1. The molecule has 2 amide bonds. The number of carbonyl (C=O) groups excluding carboxylic acids is 2. The van der Waals surface area contributed by atoms with Gasteiger partial charge in [-0.3, -0.25) is 4.79 Å². The largest absolute Gasteiger partial charge is 0.453 e. The predicted molar refractivity (Wildman–Crippen MR) is 109 cm³/mol. The van der Waals surface area contributed by atoms with E-state index in [0.29, 0.717) is 18.8 Å². The third kappa shape index (κ3) is 4.92. The summed E-state index contributed by atoms with van der Waals surface area (Å²) in [4.78, 5) is 26.8. The first kappa shape index (κ1) is 19.0. The Balaban J connectivity index is 1.64. The van der Waals surface area contributed by atoms with Crippen molar-refractivity contribution in [1.29, 1.82) is 0 Å². The molecule has 0 spiro atoms. The Hall–Kier alpha value is -2.73. The van der Waals surface area contributed by atoms with Gasteiger partial charge in [0.25, 0.3) is 0 Å². The third-order valence-electron chi connectivity index (χ3n) is 4.46. The first-order valence-corrected chi connectivity index (χ1v) is 9.89. The molecule has 0 fully saturated rings. The summed E-state index contributed by atoms with van der Waals surface area (Å²) in [5, 5.41) is 2.88. The van der Waals surface area contributed by atoms with Gasteiger partial charge >= 0.3 is 6.09 Å². The lowest BCUT2D eigenvalue weighted by atomic mass is 9.99. The summed E-state index contributed by atoms with van der Waals surface area (Å²) in [6.07, 6.45) is 5.79. The van der Waals surface area contributed by atoms with E-state index in [4.69, 9.17) is 4.74 Å². The highest BCUT2D eigenvalue weighted by atomic mass is 32.2. The zero-order valence-electron chi connectivity index (χ0n) is 15.4. The molecule has 140 valence electrons. The molecule has 27 heavy (non-hydrogen) atoms. The Bertz CT molecular complexity index is 862. The van der Waals surface area contributed by atoms with Crippen molar-refractivity contribution >= 4 is 35.5 Å². The third-order valence-corrected chi connectivity index (χ3v) is 5.21. The average Bonchev–Trinajstić information content (AvgIpc) is 2.71. The molecule has 1 heterocycles. The van der Waals surface area contributed by atoms with Crippen LogP contribution in [0.25, 0.3) is 6.08 Å². The van der Waals surface area contributed by atoms with Gasteiger partial charge in [-0.15, -0.1) is 11.8 Å². The normalized spacial score (nSPS) is 13.3. The molecule has 1 aliphatic heterocycles. The molecule has 0 unspecified atom stereocenters. The SMILES string of the molecule is COC(=O)N1CCc2ccc(NC(=O)C=Cc3ccc(SC)cc3)cc2C1. The fourth-order valence-electron chi connectivity index (χ4n) is 2.99. The molecule has 0 bridgehead atoms. The number of carbonyl (C=O) groups is 2. The molecular formula is C21H22N2O3S. The van der Waals surface area contributed by atoms with E-state index in [1.807, 2.05) is 48.7 Å². The van der Waals surface area contributed by atoms with Crippen molar-refractivity contribution in [2.75, 3.05) is 25.2 Å². The standard InChI is InChI=1S/C21H22N2O3S/c1-26-21(25)23-12-11-16-6-7-18(13-17(16)14-23)22-20(24)10-5-15-3-8-19(27-2)9-4-15/h3-10,13H,11-12,14H2,1-2H3,(H,22,24). The van der Waals surface area contributed by atoms with Gasteiger partial charge in [-0.25, -0.2) is 4.79 Å². The van der Waals surface area contributed by atoms with Gasteiger partial charge in [0, 0.05) is 29.7 Å². The second kappa shape index (κ2) is 8.77. The summed E-state index contributed by atoms with van der Waals surface area (Å²) < 4.78 is 4.79. The fraction of sp³-hybridized carbons (Fsp3) is 0.238. The van der Waals surface area contributed by atoms with E-state index in [-0.39, 0.29) is 12.0 Å². The number of benzene rings is 2. The number of anilines is 1. The van der Waals surface area contributed by atoms with Crippen LogP contribution in [0.5, 0.6) is 0 Å². The minimum Gasteiger partial charge on any atom is -0.453 e. The molecule has 0 aliphatic carbocycles. The number of thioether (sulfide) groups is 1. The second-order valence-electron chi connectivity index (χ2n) is 6.22. The number of ether oxygens (including phenoxy) is 1. The molecular weight excluding hydrogens is 360 g/mol. The number of hydrogen-bond acceptors (Lipinski definition) is 4. The fourth-order valence-corrected chi connectivity index (χ4v) is 3.40. The number of nitrogens with zero attached hydrogens (tertiary/aromatic N) is 1. The average molecular weight is 382 g/mol. The van der Waals surface area contributed by atoms with Crippen LogP contribution in [0.3, 0.4) is 0 Å². The van der Waals surface area contributed by atoms with Crippen molar-refractivity contribution in [2.45, 2.75) is 17.9 Å². The summed E-state index contributed by atoms with van der Waals surface area (Å²) in [5.41, 5.74) is 3.91. The van der Waals surface area contributed by atoms with Crippen molar-refractivity contribution in [2.24, 2.45) is 0 Å². The van der Waals surface area contributed by atoms with Crippen molar-refractivity contribution in [3.63, 3.8) is 0 Å². The molecule has 0 saturated heterocycles. The maximum Gasteiger partial charge on any atom is 0.409 e. The molecule has 0 aromatic heterocycles. The number of rotatable bonds is 4. The van der Waals surface area contributed by atoms with Crippen LogP contribution in [-0.4, -0.2) is 36.8 Å². The van der Waals surface area contributed by atoms with Crippen LogP contribution < -0.4 is 5.32 Å². The highest BCUT2D eigenvalue weighted by Crippen LogP contribution is 2.23. The molecule has 0 saturated carbocycles. The highest BCUT2D eigenvalue weighted by molar-refractivity contribution is 7.98. The minimum absolute atomic E-state index is 0.190. The molecule has 0 atom stereocenters. The predicted octanol–water partition coefficient (Wildman–Crippen LogP) is 4.18. The lowest BCUT2D eigenvalue weighted by molar-refractivity contribution is -0.111. The summed E-state index contributed by atoms with van der Waals surface area (Å²) >= 11 is 1.68. The van der Waals surface area contributed by atoms with Crippen LogP contribution in [0, 0.1) is 0 Å². The van der Waals surface area contributed by atoms with E-state index in [0.717, 1.165) is 17.5 Å². The van der Waals surface area contributed by atoms with Gasteiger partial charge in [-0.1, -0.05) is 18.2 Å². The molecule has 5 nitrogen and oxygen atoms in total. The van der Waals surface area contributed by atoms with Crippen LogP contribution in [0.2, 0.25) is 0 Å². The number of fused-ring (bicyclic) bond motifs is 1. The second-order valence-corrected chi connectivity index (χ2v) is 7.10. The summed E-state index contributed by atoms with van der Waals surface area (Å²) in [5.74, 6) is -0.190. The summed E-state index contributed by atoms with van der Waals surface area (Å²) in [6, 6.07) is 13.8. The molecule has 2 aromatic rings. The van der Waals surface area contributed by atoms with Crippen molar-refractivity contribution < 1.29 is 14.3 Å². The zero-order valence-corrected chi connectivity index (χ0v) is 16.2. The van der Waals surface area contributed by atoms with E-state index in [9.17, 15) is 9.59 Å². The molecule has 1 aliphatic rings. The minimum atomic E-state index is -0.328. The van der Waals surface area contributed by atoms with E-state index in [2.05, 4.69) is 5.32 Å². The quantitative estimate of drug-likeness (QED) is 0.636. The topological polar surface area (TPSA) is 58.6 Å². The Morgan fingerprint density at radius 3 is 2.63 bits per heavy atom. The summed E-state index contributed by atoms with van der Waals surface area (Å²) in [7, 11) is 1.38. The smallest absolute Gasteiger partial charge is 0.409 e. The van der Waals surface area contributed by atoms with E-state index >= 15 is 0 Å². The van der Waals surface area contributed by atoms with Crippen molar-refractivity contribution in [3.05, 3.63) is 65.2 Å². The van der Waals surface area contributed by atoms with Gasteiger partial charge < -0.3 is 15.0 Å².